The average molecular weight is 433 g/mol. The van der Waals surface area contributed by atoms with E-state index in [1.165, 1.54) is 12.8 Å². The summed E-state index contributed by atoms with van der Waals surface area (Å²) >= 11 is 1.55. The molecule has 4 saturated heterocycles. The summed E-state index contributed by atoms with van der Waals surface area (Å²) in [5, 5.41) is 1.07. The number of piperidine rings is 4. The molecule has 0 spiro atoms. The molecular weight excluding hydrogens is 402 g/mol. The minimum atomic E-state index is -2.54. The molecule has 6 rings (SSSR count). The lowest BCUT2D eigenvalue weighted by Gasteiger charge is -2.56. The van der Waals surface area contributed by atoms with E-state index in [0.717, 1.165) is 33.7 Å². The highest BCUT2D eigenvalue weighted by atomic mass is 32.1. The second-order valence-corrected chi connectivity index (χ2v) is 11.0. The number of hydrogen-bond acceptors (Lipinski definition) is 4. The first-order chi connectivity index (χ1) is 14.2. The van der Waals surface area contributed by atoms with Crippen LogP contribution in [0.5, 0.6) is 0 Å². The van der Waals surface area contributed by atoms with Crippen molar-refractivity contribution < 1.29 is 13.6 Å². The van der Waals surface area contributed by atoms with E-state index in [2.05, 4.69) is 24.8 Å². The van der Waals surface area contributed by atoms with Crippen molar-refractivity contribution in [3.05, 3.63) is 29.1 Å². The summed E-state index contributed by atoms with van der Waals surface area (Å²) in [6, 6.07) is 8.12. The highest BCUT2D eigenvalue weighted by Gasteiger charge is 2.48. The maximum absolute atomic E-state index is 13.5. The zero-order valence-electron chi connectivity index (χ0n) is 17.8. The number of carbonyl (C=O) groups excluding carboxylic acids is 1. The number of Topliss-reactive ketones (excluding diaryl/α,β-unsaturated/α-hetero) is 1. The summed E-state index contributed by atoms with van der Waals surface area (Å²) in [5.41, 5.74) is 1.08. The normalized spacial score (nSPS) is 30.0. The molecule has 3 nitrogen and oxygen atoms in total. The van der Waals surface area contributed by atoms with Crippen molar-refractivity contribution in [3.63, 3.8) is 0 Å². The van der Waals surface area contributed by atoms with Crippen LogP contribution in [0.15, 0.2) is 24.3 Å². The van der Waals surface area contributed by atoms with Crippen molar-refractivity contribution in [2.24, 2.45) is 11.8 Å². The summed E-state index contributed by atoms with van der Waals surface area (Å²) in [4.78, 5) is 18.6. The van der Waals surface area contributed by atoms with Gasteiger partial charge in [0, 0.05) is 48.3 Å². The molecule has 0 N–H and O–H groups in total. The van der Waals surface area contributed by atoms with Gasteiger partial charge in [-0.2, -0.15) is 0 Å². The van der Waals surface area contributed by atoms with Crippen LogP contribution in [0.1, 0.15) is 55.6 Å². The third-order valence-corrected chi connectivity index (χ3v) is 9.01. The van der Waals surface area contributed by atoms with E-state index in [1.54, 1.807) is 11.3 Å². The number of ketones is 1. The van der Waals surface area contributed by atoms with Crippen LogP contribution in [-0.4, -0.2) is 48.3 Å². The van der Waals surface area contributed by atoms with E-state index in [9.17, 15) is 13.6 Å². The standard InChI is InChI=1S/C24H30F2N2OS/c1-23(2)19(16-5-9-28(23)10-6-16)15-20(29)22-13-17-3-4-18(14-21(17)30-22)27-11-7-24(25,26)8-12-27/h3-4,13-14,16,19H,5-12,15H2,1-2H3/t19-/m1/s1. The molecule has 2 aromatic rings. The molecule has 1 aromatic heterocycles. The minimum absolute atomic E-state index is 0.0887. The van der Waals surface area contributed by atoms with E-state index in [0.29, 0.717) is 31.3 Å². The van der Waals surface area contributed by atoms with E-state index in [1.807, 2.05) is 23.1 Å². The van der Waals surface area contributed by atoms with Gasteiger partial charge in [0.25, 0.3) is 5.92 Å². The Hall–Kier alpha value is -1.53. The van der Waals surface area contributed by atoms with Gasteiger partial charge in [0.05, 0.1) is 4.88 Å². The number of anilines is 1. The largest absolute Gasteiger partial charge is 0.371 e. The van der Waals surface area contributed by atoms with Crippen molar-refractivity contribution in [3.8, 4) is 0 Å². The van der Waals surface area contributed by atoms with Gasteiger partial charge in [-0.3, -0.25) is 9.69 Å². The van der Waals surface area contributed by atoms with Gasteiger partial charge in [0.2, 0.25) is 0 Å². The van der Waals surface area contributed by atoms with Gasteiger partial charge in [-0.05, 0) is 75.2 Å². The van der Waals surface area contributed by atoms with Crippen LogP contribution in [-0.2, 0) is 0 Å². The first-order valence-electron chi connectivity index (χ1n) is 11.2. The smallest absolute Gasteiger partial charge is 0.251 e. The van der Waals surface area contributed by atoms with Gasteiger partial charge in [-0.25, -0.2) is 8.78 Å². The predicted molar refractivity (Wildman–Crippen MR) is 119 cm³/mol. The molecule has 0 unspecified atom stereocenters. The van der Waals surface area contributed by atoms with Crippen LogP contribution in [0.4, 0.5) is 14.5 Å². The number of fused-ring (bicyclic) bond motifs is 4. The van der Waals surface area contributed by atoms with Gasteiger partial charge in [0.15, 0.2) is 5.78 Å². The summed E-state index contributed by atoms with van der Waals surface area (Å²) in [6.07, 6.45) is 2.87. The molecule has 6 heteroatoms. The number of nitrogens with zero attached hydrogens (tertiary/aromatic N) is 2. The Morgan fingerprint density at radius 1 is 1.10 bits per heavy atom. The van der Waals surface area contributed by atoms with Crippen LogP contribution < -0.4 is 4.90 Å². The van der Waals surface area contributed by atoms with Crippen LogP contribution in [0, 0.1) is 11.8 Å². The first-order valence-corrected chi connectivity index (χ1v) is 12.0. The van der Waals surface area contributed by atoms with Crippen molar-refractivity contribution in [2.75, 3.05) is 31.1 Å². The molecule has 4 fully saturated rings. The number of alkyl halides is 2. The van der Waals surface area contributed by atoms with E-state index >= 15 is 0 Å². The van der Waals surface area contributed by atoms with Crippen LogP contribution in [0.2, 0.25) is 0 Å². The molecule has 0 aliphatic carbocycles. The molecule has 4 aliphatic heterocycles. The van der Waals surface area contributed by atoms with Crippen LogP contribution in [0.3, 0.4) is 0 Å². The monoisotopic (exact) mass is 432 g/mol. The van der Waals surface area contributed by atoms with Gasteiger partial charge >= 0.3 is 0 Å². The summed E-state index contributed by atoms with van der Waals surface area (Å²) in [6.45, 7) is 7.69. The molecule has 5 heterocycles. The topological polar surface area (TPSA) is 23.6 Å². The Morgan fingerprint density at radius 2 is 1.80 bits per heavy atom. The van der Waals surface area contributed by atoms with Gasteiger partial charge in [0.1, 0.15) is 0 Å². The fourth-order valence-electron chi connectivity index (χ4n) is 5.85. The second kappa shape index (κ2) is 7.27. The van der Waals surface area contributed by atoms with Gasteiger partial charge in [-0.15, -0.1) is 11.3 Å². The van der Waals surface area contributed by atoms with Crippen molar-refractivity contribution in [2.45, 2.75) is 57.4 Å². The van der Waals surface area contributed by atoms with Crippen LogP contribution >= 0.6 is 11.3 Å². The SMILES string of the molecule is CC1(C)[C@H](CC(=O)c2cc3ccc(N4CCC(F)(F)CC4)cc3s2)C2CCN1CC2. The summed E-state index contributed by atoms with van der Waals surface area (Å²) in [7, 11) is 0. The Balaban J connectivity index is 1.33. The molecule has 30 heavy (non-hydrogen) atoms. The second-order valence-electron chi connectivity index (χ2n) is 9.89. The third-order valence-electron chi connectivity index (χ3n) is 7.87. The third kappa shape index (κ3) is 3.56. The molecule has 0 saturated carbocycles. The lowest BCUT2D eigenvalue weighted by molar-refractivity contribution is -0.0643. The number of hydrogen-bond donors (Lipinski definition) is 0. The number of benzene rings is 1. The highest BCUT2D eigenvalue weighted by molar-refractivity contribution is 7.20. The van der Waals surface area contributed by atoms with Crippen molar-refractivity contribution >= 4 is 32.9 Å². The number of carbonyl (C=O) groups is 1. The number of thiophene rings is 1. The number of halogens is 2. The lowest BCUT2D eigenvalue weighted by Crippen LogP contribution is -2.61. The molecule has 2 bridgehead atoms. The molecule has 162 valence electrons. The molecule has 1 aromatic carbocycles. The first kappa shape index (κ1) is 20.4. The Labute approximate surface area is 181 Å². The predicted octanol–water partition coefficient (Wildman–Crippen LogP) is 5.83. The Morgan fingerprint density at radius 3 is 2.47 bits per heavy atom. The van der Waals surface area contributed by atoms with Gasteiger partial charge in [-0.1, -0.05) is 6.07 Å². The number of rotatable bonds is 4. The minimum Gasteiger partial charge on any atom is -0.371 e. The highest BCUT2D eigenvalue weighted by Crippen LogP contribution is 2.46. The zero-order chi connectivity index (χ0) is 21.1. The van der Waals surface area contributed by atoms with E-state index in [-0.39, 0.29) is 24.2 Å². The van der Waals surface area contributed by atoms with E-state index < -0.39 is 5.92 Å². The fourth-order valence-corrected chi connectivity index (χ4v) is 6.90. The Kier molecular flexibility index (Phi) is 4.93. The Bertz CT molecular complexity index is 951. The molecule has 0 radical (unpaired) electrons. The molecular formula is C24H30F2N2OS. The lowest BCUT2D eigenvalue weighted by atomic mass is 9.65. The zero-order valence-corrected chi connectivity index (χ0v) is 18.6. The average Bonchev–Trinajstić information content (AvgIpc) is 3.14. The molecule has 0 amide bonds. The molecule has 1 atom stereocenters. The van der Waals surface area contributed by atoms with Crippen molar-refractivity contribution in [1.29, 1.82) is 0 Å². The maximum Gasteiger partial charge on any atom is 0.251 e. The quantitative estimate of drug-likeness (QED) is 0.568. The van der Waals surface area contributed by atoms with E-state index in [4.69, 9.17) is 0 Å². The summed E-state index contributed by atoms with van der Waals surface area (Å²) in [5.74, 6) is -1.20. The van der Waals surface area contributed by atoms with Gasteiger partial charge < -0.3 is 4.90 Å². The summed E-state index contributed by atoms with van der Waals surface area (Å²) < 4.78 is 28.0. The van der Waals surface area contributed by atoms with Crippen molar-refractivity contribution in [1.82, 2.24) is 4.90 Å². The van der Waals surface area contributed by atoms with Crippen LogP contribution in [0.25, 0.3) is 10.1 Å². The maximum atomic E-state index is 13.5. The molecule has 4 aliphatic rings. The fraction of sp³-hybridized carbons (Fsp3) is 0.625.